The van der Waals surface area contributed by atoms with Crippen molar-refractivity contribution in [3.05, 3.63) is 0 Å². The van der Waals surface area contributed by atoms with Crippen LogP contribution in [0.25, 0.3) is 0 Å². The summed E-state index contributed by atoms with van der Waals surface area (Å²) in [5, 5.41) is 10.1. The first-order valence-electron chi connectivity index (χ1n) is 13.5. The van der Waals surface area contributed by atoms with Gasteiger partial charge in [-0.05, 0) is 19.3 Å². The average Bonchev–Trinajstić information content (AvgIpc) is 2.83. The minimum absolute atomic E-state index is 0.165. The van der Waals surface area contributed by atoms with Crippen LogP contribution in [0.5, 0.6) is 0 Å². The second-order valence-electron chi connectivity index (χ2n) is 9.43. The fraction of sp³-hybridized carbons (Fsp3) is 0.889. The van der Waals surface area contributed by atoms with Crippen molar-refractivity contribution in [2.45, 2.75) is 124 Å². The number of carbonyl (C=O) groups excluding carboxylic acids is 3. The molecule has 0 fully saturated rings. The van der Waals surface area contributed by atoms with Crippen LogP contribution in [0, 0.1) is 5.41 Å². The molecule has 0 aromatic rings. The fourth-order valence-corrected chi connectivity index (χ4v) is 3.48. The number of esters is 3. The van der Waals surface area contributed by atoms with Gasteiger partial charge in [0.25, 0.3) is 0 Å². The summed E-state index contributed by atoms with van der Waals surface area (Å²) in [6, 6.07) is 0. The maximum absolute atomic E-state index is 12.2. The summed E-state index contributed by atoms with van der Waals surface area (Å²) < 4.78 is 16.1. The third kappa shape index (κ3) is 17.8. The summed E-state index contributed by atoms with van der Waals surface area (Å²) in [6.45, 7) is 5.26. The van der Waals surface area contributed by atoms with Gasteiger partial charge in [-0.1, -0.05) is 85.0 Å². The Morgan fingerprint density at radius 3 is 1.24 bits per heavy atom. The fourth-order valence-electron chi connectivity index (χ4n) is 3.48. The molecule has 0 aromatic heterocycles. The van der Waals surface area contributed by atoms with E-state index in [0.717, 1.165) is 51.4 Å². The molecule has 0 spiro atoms. The monoisotopic (exact) mass is 486 g/mol. The van der Waals surface area contributed by atoms with Crippen molar-refractivity contribution in [3.63, 3.8) is 0 Å². The lowest BCUT2D eigenvalue weighted by molar-refractivity contribution is -0.165. The van der Waals surface area contributed by atoms with Gasteiger partial charge in [0.15, 0.2) is 0 Å². The summed E-state index contributed by atoms with van der Waals surface area (Å²) >= 11 is 0. The summed E-state index contributed by atoms with van der Waals surface area (Å²) in [6.07, 6.45) is 14.3. The zero-order chi connectivity index (χ0) is 25.5. The van der Waals surface area contributed by atoms with Crippen molar-refractivity contribution in [3.8, 4) is 0 Å². The first kappa shape index (κ1) is 32.4. The molecule has 7 heteroatoms. The third-order valence-corrected chi connectivity index (χ3v) is 5.88. The average molecular weight is 487 g/mol. The van der Waals surface area contributed by atoms with Gasteiger partial charge < -0.3 is 19.3 Å². The molecule has 0 rings (SSSR count). The van der Waals surface area contributed by atoms with Crippen LogP contribution in [-0.4, -0.2) is 49.4 Å². The molecule has 1 atom stereocenters. The van der Waals surface area contributed by atoms with Crippen molar-refractivity contribution in [1.82, 2.24) is 0 Å². The van der Waals surface area contributed by atoms with Crippen LogP contribution in [0.1, 0.15) is 124 Å². The van der Waals surface area contributed by atoms with Gasteiger partial charge in [0, 0.05) is 19.3 Å². The molecular weight excluding hydrogens is 436 g/mol. The van der Waals surface area contributed by atoms with E-state index in [1.807, 2.05) is 6.92 Å². The highest BCUT2D eigenvalue weighted by atomic mass is 16.6. The third-order valence-electron chi connectivity index (χ3n) is 5.88. The molecular formula is C27H50O7. The van der Waals surface area contributed by atoms with Gasteiger partial charge in [0.2, 0.25) is 0 Å². The standard InChI is InChI=1S/C27H50O7/c1-4-7-9-11-12-14-16-19-26(31)34-23-27(20-28,21-32-24(29)17-6-3)22-33-25(30)18-15-13-10-8-5-2/h28H,4-23H2,1-3H3. The Morgan fingerprint density at radius 2 is 0.882 bits per heavy atom. The summed E-state index contributed by atoms with van der Waals surface area (Å²) in [4.78, 5) is 36.3. The van der Waals surface area contributed by atoms with E-state index in [9.17, 15) is 19.5 Å². The zero-order valence-electron chi connectivity index (χ0n) is 22.0. The predicted octanol–water partition coefficient (Wildman–Crippen LogP) is 5.90. The molecule has 0 aromatic carbocycles. The van der Waals surface area contributed by atoms with E-state index in [4.69, 9.17) is 14.2 Å². The van der Waals surface area contributed by atoms with Crippen LogP contribution in [0.15, 0.2) is 0 Å². The molecule has 0 amide bonds. The molecule has 0 saturated carbocycles. The van der Waals surface area contributed by atoms with Crippen LogP contribution in [0.2, 0.25) is 0 Å². The minimum atomic E-state index is -1.16. The molecule has 0 saturated heterocycles. The Balaban J connectivity index is 4.61. The van der Waals surface area contributed by atoms with Gasteiger partial charge in [0.05, 0.1) is 12.0 Å². The van der Waals surface area contributed by atoms with Crippen LogP contribution in [0.4, 0.5) is 0 Å². The molecule has 0 aliphatic heterocycles. The lowest BCUT2D eigenvalue weighted by atomic mass is 9.92. The van der Waals surface area contributed by atoms with Gasteiger partial charge >= 0.3 is 17.9 Å². The summed E-state index contributed by atoms with van der Waals surface area (Å²) in [5.74, 6) is -1.10. The summed E-state index contributed by atoms with van der Waals surface area (Å²) in [5.41, 5.74) is -1.16. The van der Waals surface area contributed by atoms with Crippen molar-refractivity contribution >= 4 is 17.9 Å². The van der Waals surface area contributed by atoms with Gasteiger partial charge in [-0.2, -0.15) is 0 Å². The lowest BCUT2D eigenvalue weighted by Crippen LogP contribution is -2.42. The largest absolute Gasteiger partial charge is 0.465 e. The van der Waals surface area contributed by atoms with Crippen LogP contribution >= 0.6 is 0 Å². The molecule has 0 bridgehead atoms. The number of unbranched alkanes of at least 4 members (excludes halogenated alkanes) is 10. The van der Waals surface area contributed by atoms with E-state index < -0.39 is 18.0 Å². The van der Waals surface area contributed by atoms with E-state index in [0.29, 0.717) is 19.3 Å². The molecule has 1 unspecified atom stereocenters. The topological polar surface area (TPSA) is 99.1 Å². The molecule has 7 nitrogen and oxygen atoms in total. The predicted molar refractivity (Wildman–Crippen MR) is 133 cm³/mol. The number of ether oxygens (including phenoxy) is 3. The number of hydrogen-bond donors (Lipinski definition) is 1. The Morgan fingerprint density at radius 1 is 0.529 bits per heavy atom. The SMILES string of the molecule is CCCCCCCCCC(=O)OCC(CO)(COC(=O)CCC)COC(=O)CCCCCCC. The van der Waals surface area contributed by atoms with Gasteiger partial charge in [-0.15, -0.1) is 0 Å². The smallest absolute Gasteiger partial charge is 0.305 e. The van der Waals surface area contributed by atoms with Gasteiger partial charge in [0.1, 0.15) is 19.8 Å². The molecule has 0 aliphatic carbocycles. The lowest BCUT2D eigenvalue weighted by Gasteiger charge is -2.30. The molecule has 0 radical (unpaired) electrons. The zero-order valence-corrected chi connectivity index (χ0v) is 22.0. The molecule has 34 heavy (non-hydrogen) atoms. The van der Waals surface area contributed by atoms with Crippen LogP contribution in [-0.2, 0) is 28.6 Å². The normalized spacial score (nSPS) is 12.7. The van der Waals surface area contributed by atoms with Crippen molar-refractivity contribution in [2.75, 3.05) is 26.4 Å². The van der Waals surface area contributed by atoms with Crippen LogP contribution in [0.3, 0.4) is 0 Å². The second kappa shape index (κ2) is 21.9. The second-order valence-corrected chi connectivity index (χ2v) is 9.43. The van der Waals surface area contributed by atoms with E-state index in [-0.39, 0.29) is 38.2 Å². The van der Waals surface area contributed by atoms with E-state index in [1.165, 1.54) is 25.7 Å². The molecule has 0 heterocycles. The number of rotatable bonds is 23. The number of aliphatic hydroxyl groups is 1. The van der Waals surface area contributed by atoms with Crippen molar-refractivity contribution in [2.24, 2.45) is 5.41 Å². The molecule has 1 N–H and O–H groups in total. The first-order valence-corrected chi connectivity index (χ1v) is 13.5. The highest BCUT2D eigenvalue weighted by molar-refractivity contribution is 5.70. The number of hydrogen-bond acceptors (Lipinski definition) is 7. The Kier molecular flexibility index (Phi) is 20.8. The van der Waals surface area contributed by atoms with Gasteiger partial charge in [-0.3, -0.25) is 14.4 Å². The Labute approximate surface area is 207 Å². The van der Waals surface area contributed by atoms with E-state index >= 15 is 0 Å². The van der Waals surface area contributed by atoms with Gasteiger partial charge in [-0.25, -0.2) is 0 Å². The quantitative estimate of drug-likeness (QED) is 0.109. The van der Waals surface area contributed by atoms with Crippen molar-refractivity contribution in [1.29, 1.82) is 0 Å². The highest BCUT2D eigenvalue weighted by Gasteiger charge is 2.35. The molecule has 0 aliphatic rings. The maximum atomic E-state index is 12.2. The molecule has 200 valence electrons. The van der Waals surface area contributed by atoms with E-state index in [2.05, 4.69) is 13.8 Å². The van der Waals surface area contributed by atoms with E-state index in [1.54, 1.807) is 0 Å². The minimum Gasteiger partial charge on any atom is -0.465 e. The van der Waals surface area contributed by atoms with Crippen LogP contribution < -0.4 is 0 Å². The first-order chi connectivity index (χ1) is 16.4. The Bertz CT molecular complexity index is 535. The Hall–Kier alpha value is -1.63. The number of aliphatic hydroxyl groups excluding tert-OH is 1. The highest BCUT2D eigenvalue weighted by Crippen LogP contribution is 2.21. The maximum Gasteiger partial charge on any atom is 0.305 e. The summed E-state index contributed by atoms with van der Waals surface area (Å²) in [7, 11) is 0. The number of carbonyl (C=O) groups is 3. The van der Waals surface area contributed by atoms with Crippen molar-refractivity contribution < 1.29 is 33.7 Å².